The summed E-state index contributed by atoms with van der Waals surface area (Å²) in [6.45, 7) is 7.82. The summed E-state index contributed by atoms with van der Waals surface area (Å²) in [6, 6.07) is 0. The lowest BCUT2D eigenvalue weighted by molar-refractivity contribution is -0.139. The van der Waals surface area contributed by atoms with Crippen LogP contribution in [0.15, 0.2) is 11.1 Å². The van der Waals surface area contributed by atoms with E-state index in [1.54, 1.807) is 0 Å². The molecule has 0 heterocycles. The van der Waals surface area contributed by atoms with Crippen LogP contribution in [0.4, 0.5) is 0 Å². The van der Waals surface area contributed by atoms with E-state index in [4.69, 9.17) is 4.74 Å². The van der Waals surface area contributed by atoms with Gasteiger partial charge in [-0.3, -0.25) is 0 Å². The second-order valence-electron chi connectivity index (χ2n) is 5.03. The highest BCUT2D eigenvalue weighted by molar-refractivity contribution is 6.00. The minimum Gasteiger partial charge on any atom is -0.466 e. The second kappa shape index (κ2) is 6.42. The number of rotatable bonds is 4. The maximum atomic E-state index is 11.7. The third-order valence-electron chi connectivity index (χ3n) is 2.29. The van der Waals surface area contributed by atoms with Crippen molar-refractivity contribution >= 4 is 11.9 Å². The van der Waals surface area contributed by atoms with E-state index in [2.05, 4.69) is 4.74 Å². The van der Waals surface area contributed by atoms with Crippen LogP contribution < -0.4 is 0 Å². The summed E-state index contributed by atoms with van der Waals surface area (Å²) in [4.78, 5) is 23.3. The Kier molecular flexibility index (Phi) is 5.93. The molecule has 0 N–H and O–H groups in total. The fraction of sp³-hybridized carbons (Fsp3) is 0.692. The summed E-state index contributed by atoms with van der Waals surface area (Å²) in [6.07, 6.45) is 0.936. The Morgan fingerprint density at radius 3 is 1.65 bits per heavy atom. The molecule has 0 radical (unpaired) electrons. The van der Waals surface area contributed by atoms with E-state index in [0.717, 1.165) is 0 Å². The van der Waals surface area contributed by atoms with Gasteiger partial charge in [0, 0.05) is 11.1 Å². The smallest absolute Gasteiger partial charge is 0.334 e. The highest BCUT2D eigenvalue weighted by Crippen LogP contribution is 2.28. The molecule has 17 heavy (non-hydrogen) atoms. The van der Waals surface area contributed by atoms with Gasteiger partial charge in [0.05, 0.1) is 14.2 Å². The first-order chi connectivity index (χ1) is 7.76. The summed E-state index contributed by atoms with van der Waals surface area (Å²) in [5.41, 5.74) is 0.710. The van der Waals surface area contributed by atoms with Crippen molar-refractivity contribution in [2.24, 2.45) is 5.41 Å². The molecule has 0 aromatic rings. The Balaban J connectivity index is 5.46. The summed E-state index contributed by atoms with van der Waals surface area (Å²) < 4.78 is 9.42. The van der Waals surface area contributed by atoms with E-state index < -0.39 is 11.9 Å². The summed E-state index contributed by atoms with van der Waals surface area (Å²) in [5, 5.41) is 0. The van der Waals surface area contributed by atoms with Crippen LogP contribution in [-0.2, 0) is 19.1 Å². The van der Waals surface area contributed by atoms with Crippen LogP contribution in [0, 0.1) is 5.41 Å². The molecule has 4 heteroatoms. The van der Waals surface area contributed by atoms with E-state index in [-0.39, 0.29) is 5.41 Å². The highest BCUT2D eigenvalue weighted by Gasteiger charge is 2.25. The molecule has 0 amide bonds. The molecule has 0 rings (SSSR count). The molecule has 0 saturated carbocycles. The van der Waals surface area contributed by atoms with Crippen LogP contribution in [0.3, 0.4) is 0 Å². The molecule has 0 saturated heterocycles. The van der Waals surface area contributed by atoms with Gasteiger partial charge in [-0.15, -0.1) is 0 Å². The highest BCUT2D eigenvalue weighted by atomic mass is 16.5. The standard InChI is InChI=1S/C13H22O4/c1-7-9(11(14)16-5)10(12(15)17-6)8-13(2,3)4/h7-8H2,1-6H3/b10-9-. The topological polar surface area (TPSA) is 52.6 Å². The van der Waals surface area contributed by atoms with E-state index in [1.165, 1.54) is 14.2 Å². The van der Waals surface area contributed by atoms with Gasteiger partial charge in [-0.05, 0) is 18.3 Å². The predicted octanol–water partition coefficient (Wildman–Crippen LogP) is 2.48. The minimum atomic E-state index is -0.461. The van der Waals surface area contributed by atoms with Gasteiger partial charge in [0.25, 0.3) is 0 Å². The van der Waals surface area contributed by atoms with Crippen molar-refractivity contribution in [1.82, 2.24) is 0 Å². The molecule has 0 aromatic carbocycles. The average molecular weight is 242 g/mol. The first kappa shape index (κ1) is 15.7. The molecule has 0 bridgehead atoms. The van der Waals surface area contributed by atoms with Crippen molar-refractivity contribution in [2.45, 2.75) is 40.5 Å². The quantitative estimate of drug-likeness (QED) is 0.561. The van der Waals surface area contributed by atoms with Gasteiger partial charge < -0.3 is 9.47 Å². The van der Waals surface area contributed by atoms with E-state index in [0.29, 0.717) is 24.0 Å². The summed E-state index contributed by atoms with van der Waals surface area (Å²) >= 11 is 0. The van der Waals surface area contributed by atoms with Gasteiger partial charge in [0.15, 0.2) is 0 Å². The molecule has 0 aliphatic heterocycles. The Bertz CT molecular complexity index is 321. The van der Waals surface area contributed by atoms with Gasteiger partial charge in [-0.1, -0.05) is 27.7 Å². The van der Waals surface area contributed by atoms with Crippen LogP contribution in [0.25, 0.3) is 0 Å². The first-order valence-corrected chi connectivity index (χ1v) is 5.65. The lowest BCUT2D eigenvalue weighted by Crippen LogP contribution is -2.19. The van der Waals surface area contributed by atoms with Crippen LogP contribution in [-0.4, -0.2) is 26.2 Å². The summed E-state index contributed by atoms with van der Waals surface area (Å²) in [7, 11) is 2.62. The SMILES string of the molecule is CC/C(C(=O)OC)=C(\CC(C)(C)C)C(=O)OC. The van der Waals surface area contributed by atoms with Crippen LogP contribution in [0.2, 0.25) is 0 Å². The maximum Gasteiger partial charge on any atom is 0.334 e. The number of carbonyl (C=O) groups excluding carboxylic acids is 2. The number of carbonyl (C=O) groups is 2. The van der Waals surface area contributed by atoms with Crippen molar-refractivity contribution in [3.8, 4) is 0 Å². The number of methoxy groups -OCH3 is 2. The first-order valence-electron chi connectivity index (χ1n) is 5.65. The Morgan fingerprint density at radius 1 is 0.941 bits per heavy atom. The summed E-state index contributed by atoms with van der Waals surface area (Å²) in [5.74, 6) is -0.917. The normalized spacial score (nSPS) is 12.8. The molecular formula is C13H22O4. The van der Waals surface area contributed by atoms with Crippen molar-refractivity contribution in [2.75, 3.05) is 14.2 Å². The van der Waals surface area contributed by atoms with Crippen molar-refractivity contribution in [3.05, 3.63) is 11.1 Å². The molecule has 0 aliphatic carbocycles. The minimum absolute atomic E-state index is 0.0992. The zero-order valence-electron chi connectivity index (χ0n) is 11.5. The van der Waals surface area contributed by atoms with Gasteiger partial charge >= 0.3 is 11.9 Å². The van der Waals surface area contributed by atoms with E-state index in [9.17, 15) is 9.59 Å². The Morgan fingerprint density at radius 2 is 1.35 bits per heavy atom. The van der Waals surface area contributed by atoms with Gasteiger partial charge in [0.2, 0.25) is 0 Å². The monoisotopic (exact) mass is 242 g/mol. The van der Waals surface area contributed by atoms with Gasteiger partial charge in [0.1, 0.15) is 0 Å². The Hall–Kier alpha value is -1.32. The number of esters is 2. The molecule has 0 unspecified atom stereocenters. The molecular weight excluding hydrogens is 220 g/mol. The lowest BCUT2D eigenvalue weighted by atomic mass is 9.85. The third kappa shape index (κ3) is 5.02. The van der Waals surface area contributed by atoms with Crippen LogP contribution >= 0.6 is 0 Å². The zero-order chi connectivity index (χ0) is 13.6. The van der Waals surface area contributed by atoms with Crippen molar-refractivity contribution in [3.63, 3.8) is 0 Å². The fourth-order valence-corrected chi connectivity index (χ4v) is 1.56. The molecule has 0 aliphatic rings. The zero-order valence-corrected chi connectivity index (χ0v) is 11.5. The predicted molar refractivity (Wildman–Crippen MR) is 65.4 cm³/mol. The molecule has 0 fully saturated rings. The van der Waals surface area contributed by atoms with Crippen molar-refractivity contribution < 1.29 is 19.1 Å². The molecule has 98 valence electrons. The second-order valence-corrected chi connectivity index (χ2v) is 5.03. The maximum absolute atomic E-state index is 11.7. The Labute approximate surface area is 103 Å². The average Bonchev–Trinajstić information content (AvgIpc) is 2.25. The third-order valence-corrected chi connectivity index (χ3v) is 2.29. The number of hydrogen-bond acceptors (Lipinski definition) is 4. The largest absolute Gasteiger partial charge is 0.466 e. The molecule has 0 aromatic heterocycles. The lowest BCUT2D eigenvalue weighted by Gasteiger charge is -2.21. The van der Waals surface area contributed by atoms with Crippen molar-refractivity contribution in [1.29, 1.82) is 0 Å². The van der Waals surface area contributed by atoms with Gasteiger partial charge in [-0.25, -0.2) is 9.59 Å². The number of ether oxygens (including phenoxy) is 2. The number of hydrogen-bond donors (Lipinski definition) is 0. The van der Waals surface area contributed by atoms with Crippen LogP contribution in [0.1, 0.15) is 40.5 Å². The molecule has 0 spiro atoms. The molecule has 4 nitrogen and oxygen atoms in total. The molecule has 0 atom stereocenters. The van der Waals surface area contributed by atoms with E-state index in [1.807, 2.05) is 27.7 Å². The van der Waals surface area contributed by atoms with Gasteiger partial charge in [-0.2, -0.15) is 0 Å². The van der Waals surface area contributed by atoms with Crippen LogP contribution in [0.5, 0.6) is 0 Å². The van der Waals surface area contributed by atoms with E-state index >= 15 is 0 Å². The fourth-order valence-electron chi connectivity index (χ4n) is 1.56.